The SMILES string of the molecule is COc1cc(OC)c2c(c1)OC1=C(C(=O)CCC1)C2c1ccc([N+](=O)[O-])cc1. The van der Waals surface area contributed by atoms with Gasteiger partial charge in [0.05, 0.1) is 19.1 Å². The fourth-order valence-electron chi connectivity index (χ4n) is 3.89. The summed E-state index contributed by atoms with van der Waals surface area (Å²) >= 11 is 0. The molecule has 1 aliphatic carbocycles. The Bertz CT molecular complexity index is 993. The number of allylic oxidation sites excluding steroid dienone is 2. The molecular weight excluding hydrogens is 362 g/mol. The number of benzene rings is 2. The van der Waals surface area contributed by atoms with Crippen LogP contribution >= 0.6 is 0 Å². The number of ketones is 1. The summed E-state index contributed by atoms with van der Waals surface area (Å²) in [5, 5.41) is 11.0. The molecule has 0 saturated heterocycles. The Kier molecular flexibility index (Phi) is 4.50. The number of nitrogens with zero attached hydrogens (tertiary/aromatic N) is 1. The van der Waals surface area contributed by atoms with E-state index >= 15 is 0 Å². The third-order valence-electron chi connectivity index (χ3n) is 5.19. The largest absolute Gasteiger partial charge is 0.496 e. The van der Waals surface area contributed by atoms with Gasteiger partial charge in [-0.15, -0.1) is 0 Å². The van der Waals surface area contributed by atoms with E-state index in [2.05, 4.69) is 0 Å². The van der Waals surface area contributed by atoms with E-state index in [4.69, 9.17) is 14.2 Å². The summed E-state index contributed by atoms with van der Waals surface area (Å²) in [7, 11) is 3.11. The van der Waals surface area contributed by atoms with Crippen molar-refractivity contribution < 1.29 is 23.9 Å². The molecule has 0 bridgehead atoms. The number of hydrogen-bond acceptors (Lipinski definition) is 6. The zero-order chi connectivity index (χ0) is 19.8. The lowest BCUT2D eigenvalue weighted by atomic mass is 9.76. The Morgan fingerprint density at radius 3 is 2.50 bits per heavy atom. The Morgan fingerprint density at radius 2 is 1.86 bits per heavy atom. The summed E-state index contributed by atoms with van der Waals surface area (Å²) in [6.07, 6.45) is 1.87. The number of carbonyl (C=O) groups is 1. The first-order valence-electron chi connectivity index (χ1n) is 8.98. The van der Waals surface area contributed by atoms with Crippen molar-refractivity contribution in [3.8, 4) is 17.2 Å². The van der Waals surface area contributed by atoms with Crippen LogP contribution in [0.2, 0.25) is 0 Å². The smallest absolute Gasteiger partial charge is 0.269 e. The van der Waals surface area contributed by atoms with Crippen molar-refractivity contribution in [3.05, 3.63) is 69.0 Å². The molecule has 0 N–H and O–H groups in total. The van der Waals surface area contributed by atoms with Crippen LogP contribution in [0.5, 0.6) is 17.2 Å². The molecule has 0 aromatic heterocycles. The third-order valence-corrected chi connectivity index (χ3v) is 5.19. The summed E-state index contributed by atoms with van der Waals surface area (Å²) in [5.74, 6) is 1.99. The number of Topliss-reactive ketones (excluding diaryl/α,β-unsaturated/α-hetero) is 1. The predicted octanol–water partition coefficient (Wildman–Crippen LogP) is 4.14. The van der Waals surface area contributed by atoms with Crippen LogP contribution in [0.1, 0.15) is 36.3 Å². The molecule has 0 radical (unpaired) electrons. The second-order valence-electron chi connectivity index (χ2n) is 6.74. The first-order valence-corrected chi connectivity index (χ1v) is 8.98. The monoisotopic (exact) mass is 381 g/mol. The Hall–Kier alpha value is -3.35. The van der Waals surface area contributed by atoms with Crippen molar-refractivity contribution in [1.29, 1.82) is 0 Å². The van der Waals surface area contributed by atoms with E-state index in [9.17, 15) is 14.9 Å². The first kappa shape index (κ1) is 18.0. The normalized spacial score (nSPS) is 18.1. The van der Waals surface area contributed by atoms with Gasteiger partial charge in [-0.2, -0.15) is 0 Å². The molecule has 7 heteroatoms. The maximum absolute atomic E-state index is 12.8. The first-order chi connectivity index (χ1) is 13.5. The van der Waals surface area contributed by atoms with Crippen LogP contribution in [0.3, 0.4) is 0 Å². The van der Waals surface area contributed by atoms with Gasteiger partial charge in [-0.05, 0) is 12.0 Å². The molecule has 28 heavy (non-hydrogen) atoms. The van der Waals surface area contributed by atoms with E-state index in [-0.39, 0.29) is 11.5 Å². The van der Waals surface area contributed by atoms with Crippen molar-refractivity contribution >= 4 is 11.5 Å². The van der Waals surface area contributed by atoms with Gasteiger partial charge in [0.1, 0.15) is 23.0 Å². The van der Waals surface area contributed by atoms with E-state index < -0.39 is 10.8 Å². The van der Waals surface area contributed by atoms with Crippen molar-refractivity contribution in [2.24, 2.45) is 0 Å². The number of methoxy groups -OCH3 is 2. The summed E-state index contributed by atoms with van der Waals surface area (Å²) in [6.45, 7) is 0. The Balaban J connectivity index is 1.94. The highest BCUT2D eigenvalue weighted by Gasteiger charge is 2.39. The van der Waals surface area contributed by atoms with E-state index in [0.29, 0.717) is 41.4 Å². The zero-order valence-corrected chi connectivity index (χ0v) is 15.6. The van der Waals surface area contributed by atoms with Gasteiger partial charge >= 0.3 is 0 Å². The van der Waals surface area contributed by atoms with Crippen LogP contribution in [-0.4, -0.2) is 24.9 Å². The zero-order valence-electron chi connectivity index (χ0n) is 15.6. The molecule has 0 spiro atoms. The Morgan fingerprint density at radius 1 is 1.11 bits per heavy atom. The molecule has 0 fully saturated rings. The average molecular weight is 381 g/mol. The number of carbonyl (C=O) groups excluding carboxylic acids is 1. The number of nitro groups is 1. The van der Waals surface area contributed by atoms with Gasteiger partial charge < -0.3 is 14.2 Å². The molecule has 7 nitrogen and oxygen atoms in total. The van der Waals surface area contributed by atoms with Gasteiger partial charge in [-0.25, -0.2) is 0 Å². The summed E-state index contributed by atoms with van der Waals surface area (Å²) in [6, 6.07) is 9.81. The summed E-state index contributed by atoms with van der Waals surface area (Å²) in [5.41, 5.74) is 2.12. The van der Waals surface area contributed by atoms with Crippen LogP contribution in [0.4, 0.5) is 5.69 Å². The van der Waals surface area contributed by atoms with Crippen molar-refractivity contribution in [2.75, 3.05) is 14.2 Å². The molecule has 1 aliphatic heterocycles. The van der Waals surface area contributed by atoms with Gasteiger partial charge in [0, 0.05) is 54.2 Å². The summed E-state index contributed by atoms with van der Waals surface area (Å²) in [4.78, 5) is 23.4. The molecule has 1 unspecified atom stereocenters. The number of nitro benzene ring substituents is 1. The van der Waals surface area contributed by atoms with Crippen molar-refractivity contribution in [1.82, 2.24) is 0 Å². The highest BCUT2D eigenvalue weighted by atomic mass is 16.6. The van der Waals surface area contributed by atoms with E-state index in [0.717, 1.165) is 17.5 Å². The Labute approximate surface area is 161 Å². The predicted molar refractivity (Wildman–Crippen MR) is 101 cm³/mol. The molecule has 1 atom stereocenters. The molecule has 1 heterocycles. The minimum Gasteiger partial charge on any atom is -0.496 e. The lowest BCUT2D eigenvalue weighted by Gasteiger charge is -2.33. The van der Waals surface area contributed by atoms with Crippen LogP contribution in [0.25, 0.3) is 0 Å². The number of hydrogen-bond donors (Lipinski definition) is 0. The third kappa shape index (κ3) is 2.89. The fourth-order valence-corrected chi connectivity index (χ4v) is 3.89. The van der Waals surface area contributed by atoms with Crippen molar-refractivity contribution in [2.45, 2.75) is 25.2 Å². The highest BCUT2D eigenvalue weighted by molar-refractivity contribution is 5.99. The molecular formula is C21H19NO6. The molecule has 2 aliphatic rings. The van der Waals surface area contributed by atoms with Gasteiger partial charge in [0.15, 0.2) is 5.78 Å². The quantitative estimate of drug-likeness (QED) is 0.584. The van der Waals surface area contributed by atoms with E-state index in [1.54, 1.807) is 38.5 Å². The second-order valence-corrected chi connectivity index (χ2v) is 6.74. The van der Waals surface area contributed by atoms with Gasteiger partial charge in [0.25, 0.3) is 5.69 Å². The van der Waals surface area contributed by atoms with Crippen LogP contribution in [-0.2, 0) is 4.79 Å². The minimum absolute atomic E-state index is 0.00176. The minimum atomic E-state index is -0.441. The molecule has 2 aromatic carbocycles. The number of ether oxygens (including phenoxy) is 3. The van der Waals surface area contributed by atoms with Crippen LogP contribution in [0.15, 0.2) is 47.7 Å². The van der Waals surface area contributed by atoms with Crippen LogP contribution < -0.4 is 14.2 Å². The second kappa shape index (κ2) is 6.99. The molecule has 4 rings (SSSR count). The number of non-ortho nitro benzene ring substituents is 1. The van der Waals surface area contributed by atoms with Gasteiger partial charge in [-0.1, -0.05) is 12.1 Å². The topological polar surface area (TPSA) is 87.9 Å². The molecule has 0 saturated carbocycles. The maximum atomic E-state index is 12.8. The van der Waals surface area contributed by atoms with E-state index in [1.165, 1.54) is 12.1 Å². The lowest BCUT2D eigenvalue weighted by Crippen LogP contribution is -2.26. The molecule has 2 aromatic rings. The lowest BCUT2D eigenvalue weighted by molar-refractivity contribution is -0.384. The number of rotatable bonds is 4. The van der Waals surface area contributed by atoms with E-state index in [1.807, 2.05) is 0 Å². The van der Waals surface area contributed by atoms with Crippen molar-refractivity contribution in [3.63, 3.8) is 0 Å². The number of fused-ring (bicyclic) bond motifs is 1. The van der Waals surface area contributed by atoms with Gasteiger partial charge in [0.2, 0.25) is 0 Å². The standard InChI is InChI=1S/C21H19NO6/c1-26-14-10-17(27-2)21-18(11-14)28-16-5-3-4-15(23)20(16)19(21)12-6-8-13(9-7-12)22(24)25/h6-11,19H,3-5H2,1-2H3. The molecule has 0 amide bonds. The average Bonchev–Trinajstić information content (AvgIpc) is 2.71. The van der Waals surface area contributed by atoms with Crippen LogP contribution in [0, 0.1) is 10.1 Å². The highest BCUT2D eigenvalue weighted by Crippen LogP contribution is 2.51. The maximum Gasteiger partial charge on any atom is 0.269 e. The fraction of sp³-hybridized carbons (Fsp3) is 0.286. The molecule has 144 valence electrons. The van der Waals surface area contributed by atoms with Gasteiger partial charge in [-0.3, -0.25) is 14.9 Å². The summed E-state index contributed by atoms with van der Waals surface area (Å²) < 4.78 is 17.0.